The van der Waals surface area contributed by atoms with Gasteiger partial charge in [-0.1, -0.05) is 0 Å². The summed E-state index contributed by atoms with van der Waals surface area (Å²) in [5.74, 6) is 0.410. The molecule has 6 heteroatoms. The Morgan fingerprint density at radius 2 is 2.29 bits per heavy atom. The van der Waals surface area contributed by atoms with Gasteiger partial charge in [-0.25, -0.2) is 8.78 Å². The Kier molecular flexibility index (Phi) is 3.40. The van der Waals surface area contributed by atoms with E-state index in [2.05, 4.69) is 5.10 Å². The first-order valence-corrected chi connectivity index (χ1v) is 4.24. The maximum absolute atomic E-state index is 12.0. The van der Waals surface area contributed by atoms with Crippen LogP contribution in [0.15, 0.2) is 6.07 Å². The summed E-state index contributed by atoms with van der Waals surface area (Å²) in [5, 5.41) is 3.92. The number of aromatic nitrogens is 2. The Hall–Kier alpha value is -1.17. The molecule has 0 fully saturated rings. The van der Waals surface area contributed by atoms with E-state index in [1.54, 1.807) is 24.8 Å². The molecule has 2 N–H and O–H groups in total. The van der Waals surface area contributed by atoms with Gasteiger partial charge in [0.2, 0.25) is 0 Å². The van der Waals surface area contributed by atoms with Crippen LogP contribution in [0.1, 0.15) is 5.69 Å². The molecule has 1 heterocycles. The number of anilines is 1. The lowest BCUT2D eigenvalue weighted by Gasteiger charge is -2.15. The summed E-state index contributed by atoms with van der Waals surface area (Å²) in [6.07, 6.45) is -2.31. The number of hydrogen-bond acceptors (Lipinski definition) is 3. The maximum atomic E-state index is 12.0. The molecule has 0 spiro atoms. The average Bonchev–Trinajstić information content (AvgIpc) is 2.28. The minimum Gasteiger partial charge on any atom is -0.382 e. The molecule has 80 valence electrons. The highest BCUT2D eigenvalue weighted by atomic mass is 19.3. The van der Waals surface area contributed by atoms with Crippen molar-refractivity contribution >= 4 is 5.82 Å². The van der Waals surface area contributed by atoms with Crippen LogP contribution in [0.2, 0.25) is 0 Å². The molecule has 0 atom stereocenters. The molecule has 0 bridgehead atoms. The minimum absolute atomic E-state index is 0.245. The second-order valence-electron chi connectivity index (χ2n) is 3.27. The van der Waals surface area contributed by atoms with Gasteiger partial charge < -0.3 is 5.73 Å². The minimum atomic E-state index is -2.31. The summed E-state index contributed by atoms with van der Waals surface area (Å²) in [6.45, 7) is 0.177. The van der Waals surface area contributed by atoms with Crippen molar-refractivity contribution in [2.45, 2.75) is 13.0 Å². The van der Waals surface area contributed by atoms with Crippen molar-refractivity contribution in [2.24, 2.45) is 7.05 Å². The number of halogens is 2. The molecule has 0 saturated carbocycles. The number of nitrogens with zero attached hydrogens (tertiary/aromatic N) is 3. The highest BCUT2D eigenvalue weighted by Gasteiger charge is 2.10. The largest absolute Gasteiger partial charge is 0.382 e. The predicted molar refractivity (Wildman–Crippen MR) is 50.0 cm³/mol. The lowest BCUT2D eigenvalue weighted by atomic mass is 10.4. The van der Waals surface area contributed by atoms with Crippen LogP contribution >= 0.6 is 0 Å². The van der Waals surface area contributed by atoms with Gasteiger partial charge in [-0.15, -0.1) is 0 Å². The third-order valence-electron chi connectivity index (χ3n) is 1.88. The van der Waals surface area contributed by atoms with E-state index in [9.17, 15) is 8.78 Å². The second kappa shape index (κ2) is 4.36. The normalized spacial score (nSPS) is 11.6. The van der Waals surface area contributed by atoms with Crippen molar-refractivity contribution in [1.82, 2.24) is 14.7 Å². The third-order valence-corrected chi connectivity index (χ3v) is 1.88. The zero-order valence-corrected chi connectivity index (χ0v) is 8.24. The fraction of sp³-hybridized carbons (Fsp3) is 0.625. The van der Waals surface area contributed by atoms with Gasteiger partial charge in [0.25, 0.3) is 6.43 Å². The SMILES string of the molecule is CN(Cc1cc(N)nn1C)CC(F)F. The van der Waals surface area contributed by atoms with Crippen molar-refractivity contribution in [2.75, 3.05) is 19.3 Å². The smallest absolute Gasteiger partial charge is 0.251 e. The molecule has 0 radical (unpaired) electrons. The summed E-state index contributed by atoms with van der Waals surface area (Å²) in [4.78, 5) is 1.53. The molecule has 1 rings (SSSR count). The van der Waals surface area contributed by atoms with Crippen LogP contribution in [-0.2, 0) is 13.6 Å². The van der Waals surface area contributed by atoms with Gasteiger partial charge in [0.1, 0.15) is 5.82 Å². The van der Waals surface area contributed by atoms with Gasteiger partial charge in [0.05, 0.1) is 12.2 Å². The summed E-state index contributed by atoms with van der Waals surface area (Å²) in [5.41, 5.74) is 6.28. The summed E-state index contributed by atoms with van der Waals surface area (Å²) in [6, 6.07) is 1.68. The Morgan fingerprint density at radius 3 is 2.71 bits per heavy atom. The first-order chi connectivity index (χ1) is 6.49. The van der Waals surface area contributed by atoms with Gasteiger partial charge >= 0.3 is 0 Å². The lowest BCUT2D eigenvalue weighted by Crippen LogP contribution is -2.25. The zero-order chi connectivity index (χ0) is 10.7. The Bertz CT molecular complexity index is 298. The van der Waals surface area contributed by atoms with E-state index in [1.165, 1.54) is 4.90 Å². The van der Waals surface area contributed by atoms with Crippen LogP contribution in [0.5, 0.6) is 0 Å². The zero-order valence-electron chi connectivity index (χ0n) is 8.24. The number of nitrogen functional groups attached to an aromatic ring is 1. The first-order valence-electron chi connectivity index (χ1n) is 4.24. The Morgan fingerprint density at radius 1 is 1.64 bits per heavy atom. The monoisotopic (exact) mass is 204 g/mol. The highest BCUT2D eigenvalue weighted by Crippen LogP contribution is 2.07. The van der Waals surface area contributed by atoms with Crippen LogP contribution in [0, 0.1) is 0 Å². The van der Waals surface area contributed by atoms with E-state index in [4.69, 9.17) is 5.73 Å². The highest BCUT2D eigenvalue weighted by molar-refractivity contribution is 5.29. The van der Waals surface area contributed by atoms with Gasteiger partial charge in [0.15, 0.2) is 0 Å². The Balaban J connectivity index is 2.55. The summed E-state index contributed by atoms with van der Waals surface area (Å²) in [7, 11) is 3.37. The van der Waals surface area contributed by atoms with E-state index in [0.29, 0.717) is 12.4 Å². The first kappa shape index (κ1) is 10.9. The van der Waals surface area contributed by atoms with Crippen molar-refractivity contribution in [1.29, 1.82) is 0 Å². The third kappa shape index (κ3) is 2.95. The van der Waals surface area contributed by atoms with Crippen LogP contribution in [0.4, 0.5) is 14.6 Å². The number of hydrogen-bond donors (Lipinski definition) is 1. The van der Waals surface area contributed by atoms with Gasteiger partial charge in [-0.2, -0.15) is 5.10 Å². The Labute approximate surface area is 81.3 Å². The molecule has 4 nitrogen and oxygen atoms in total. The van der Waals surface area contributed by atoms with Crippen molar-refractivity contribution in [3.8, 4) is 0 Å². The van der Waals surface area contributed by atoms with E-state index in [0.717, 1.165) is 5.69 Å². The molecule has 0 unspecified atom stereocenters. The van der Waals surface area contributed by atoms with Gasteiger partial charge in [-0.3, -0.25) is 9.58 Å². The van der Waals surface area contributed by atoms with E-state index in [1.807, 2.05) is 0 Å². The van der Waals surface area contributed by atoms with Crippen molar-refractivity contribution in [3.05, 3.63) is 11.8 Å². The molecule has 14 heavy (non-hydrogen) atoms. The molecule has 1 aromatic heterocycles. The van der Waals surface area contributed by atoms with Gasteiger partial charge in [0, 0.05) is 19.7 Å². The quantitative estimate of drug-likeness (QED) is 0.785. The lowest BCUT2D eigenvalue weighted by molar-refractivity contribution is 0.0965. The van der Waals surface area contributed by atoms with Crippen molar-refractivity contribution in [3.63, 3.8) is 0 Å². The molecule has 0 aliphatic heterocycles. The second-order valence-corrected chi connectivity index (χ2v) is 3.27. The summed E-state index contributed by atoms with van der Waals surface area (Å²) < 4.78 is 25.6. The molecule has 1 aromatic rings. The van der Waals surface area contributed by atoms with E-state index >= 15 is 0 Å². The standard InChI is InChI=1S/C8H14F2N4/c1-13(5-7(9)10)4-6-3-8(11)12-14(6)2/h3,7H,4-5H2,1-2H3,(H2,11,12). The van der Waals surface area contributed by atoms with Crippen LogP contribution in [0.25, 0.3) is 0 Å². The molecule has 0 saturated heterocycles. The number of aryl methyl sites for hydroxylation is 1. The topological polar surface area (TPSA) is 47.1 Å². The molecule has 0 aromatic carbocycles. The predicted octanol–water partition coefficient (Wildman–Crippen LogP) is 0.699. The molecular formula is C8H14F2N4. The number of alkyl halides is 2. The van der Waals surface area contributed by atoms with E-state index < -0.39 is 6.43 Å². The fourth-order valence-electron chi connectivity index (χ4n) is 1.26. The number of rotatable bonds is 4. The fourth-order valence-corrected chi connectivity index (χ4v) is 1.26. The average molecular weight is 204 g/mol. The van der Waals surface area contributed by atoms with Crippen molar-refractivity contribution < 1.29 is 8.78 Å². The van der Waals surface area contributed by atoms with Gasteiger partial charge in [-0.05, 0) is 7.05 Å². The summed E-state index contributed by atoms with van der Waals surface area (Å²) >= 11 is 0. The van der Waals surface area contributed by atoms with Crippen LogP contribution in [-0.4, -0.2) is 34.7 Å². The maximum Gasteiger partial charge on any atom is 0.251 e. The van der Waals surface area contributed by atoms with Crippen LogP contribution in [0.3, 0.4) is 0 Å². The molecule has 0 aliphatic carbocycles. The molecular weight excluding hydrogens is 190 g/mol. The van der Waals surface area contributed by atoms with Crippen LogP contribution < -0.4 is 5.73 Å². The molecule has 0 amide bonds. The molecule has 0 aliphatic rings. The number of nitrogens with two attached hydrogens (primary N) is 1. The van der Waals surface area contributed by atoms with E-state index in [-0.39, 0.29) is 6.54 Å².